The highest BCUT2D eigenvalue weighted by Gasteiger charge is 2.09. The van der Waals surface area contributed by atoms with E-state index < -0.39 is 0 Å². The van der Waals surface area contributed by atoms with Crippen LogP contribution >= 0.6 is 22.9 Å². The van der Waals surface area contributed by atoms with Gasteiger partial charge in [-0.1, -0.05) is 11.6 Å². The zero-order chi connectivity index (χ0) is 11.1. The number of thiophene rings is 1. The summed E-state index contributed by atoms with van der Waals surface area (Å²) >= 11 is 7.67. The summed E-state index contributed by atoms with van der Waals surface area (Å²) in [6.07, 6.45) is 1.83. The van der Waals surface area contributed by atoms with Gasteiger partial charge in [0, 0.05) is 11.1 Å². The van der Waals surface area contributed by atoms with Crippen LogP contribution in [0.25, 0.3) is 16.3 Å². The minimum absolute atomic E-state index is 0.682. The van der Waals surface area contributed by atoms with Crippen LogP contribution in [-0.4, -0.2) is 14.6 Å². The summed E-state index contributed by atoms with van der Waals surface area (Å²) in [7, 11) is 0. The topological polar surface area (TPSA) is 30.2 Å². The molecule has 0 spiro atoms. The normalized spacial score (nSPS) is 11.1. The SMILES string of the molecule is Cc1ccc(-c2nnc3ccc(Cl)cn23)s1. The lowest BCUT2D eigenvalue weighted by molar-refractivity contribution is 1.12. The maximum Gasteiger partial charge on any atom is 0.178 e. The lowest BCUT2D eigenvalue weighted by Crippen LogP contribution is -1.86. The molecule has 80 valence electrons. The monoisotopic (exact) mass is 249 g/mol. The van der Waals surface area contributed by atoms with Crippen molar-refractivity contribution in [3.63, 3.8) is 0 Å². The largest absolute Gasteiger partial charge is 0.280 e. The first-order chi connectivity index (χ1) is 7.74. The van der Waals surface area contributed by atoms with Gasteiger partial charge in [0.2, 0.25) is 0 Å². The molecule has 0 bridgehead atoms. The molecule has 0 aliphatic rings. The van der Waals surface area contributed by atoms with Crippen LogP contribution in [0.4, 0.5) is 0 Å². The molecule has 3 aromatic heterocycles. The molecule has 0 saturated heterocycles. The lowest BCUT2D eigenvalue weighted by atomic mass is 10.4. The average Bonchev–Trinajstić information content (AvgIpc) is 2.83. The molecule has 0 N–H and O–H groups in total. The van der Waals surface area contributed by atoms with Gasteiger partial charge < -0.3 is 0 Å². The van der Waals surface area contributed by atoms with Gasteiger partial charge in [-0.2, -0.15) is 0 Å². The second-order valence-electron chi connectivity index (χ2n) is 3.51. The molecule has 3 heterocycles. The molecule has 0 atom stereocenters. The van der Waals surface area contributed by atoms with Crippen LogP contribution in [0.1, 0.15) is 4.88 Å². The highest BCUT2D eigenvalue weighted by molar-refractivity contribution is 7.15. The van der Waals surface area contributed by atoms with Gasteiger partial charge in [0.1, 0.15) is 0 Å². The first kappa shape index (κ1) is 9.81. The van der Waals surface area contributed by atoms with Crippen molar-refractivity contribution in [3.05, 3.63) is 40.4 Å². The Labute approximate surface area is 101 Å². The standard InChI is InChI=1S/C11H8ClN3S/c1-7-2-4-9(16-7)11-14-13-10-5-3-8(12)6-15(10)11/h2-6H,1H3. The summed E-state index contributed by atoms with van der Waals surface area (Å²) in [6.45, 7) is 2.07. The van der Waals surface area contributed by atoms with Crippen molar-refractivity contribution < 1.29 is 0 Å². The van der Waals surface area contributed by atoms with Crippen molar-refractivity contribution in [2.24, 2.45) is 0 Å². The van der Waals surface area contributed by atoms with Crippen LogP contribution in [0.5, 0.6) is 0 Å². The van der Waals surface area contributed by atoms with Crippen LogP contribution < -0.4 is 0 Å². The van der Waals surface area contributed by atoms with Gasteiger partial charge in [-0.3, -0.25) is 4.40 Å². The zero-order valence-electron chi connectivity index (χ0n) is 8.51. The number of aryl methyl sites for hydroxylation is 1. The molecule has 0 fully saturated rings. The summed E-state index contributed by atoms with van der Waals surface area (Å²) in [5.74, 6) is 0.843. The Morgan fingerprint density at radius 3 is 2.81 bits per heavy atom. The third-order valence-electron chi connectivity index (χ3n) is 2.33. The summed E-state index contributed by atoms with van der Waals surface area (Å²) in [4.78, 5) is 2.36. The van der Waals surface area contributed by atoms with E-state index in [1.807, 2.05) is 22.7 Å². The predicted molar refractivity (Wildman–Crippen MR) is 66.0 cm³/mol. The molecule has 0 radical (unpaired) electrons. The Hall–Kier alpha value is -1.39. The van der Waals surface area contributed by atoms with E-state index in [4.69, 9.17) is 11.6 Å². The fourth-order valence-electron chi connectivity index (χ4n) is 1.59. The molecule has 3 rings (SSSR count). The van der Waals surface area contributed by atoms with Crippen LogP contribution in [0.3, 0.4) is 0 Å². The first-order valence-corrected chi connectivity index (χ1v) is 6.00. The first-order valence-electron chi connectivity index (χ1n) is 4.81. The second-order valence-corrected chi connectivity index (χ2v) is 5.23. The zero-order valence-corrected chi connectivity index (χ0v) is 10.1. The summed E-state index contributed by atoms with van der Waals surface area (Å²) in [6, 6.07) is 7.80. The number of hydrogen-bond acceptors (Lipinski definition) is 3. The van der Waals surface area contributed by atoms with Gasteiger partial charge in [0.25, 0.3) is 0 Å². The smallest absolute Gasteiger partial charge is 0.178 e. The van der Waals surface area contributed by atoms with Crippen molar-refractivity contribution >= 4 is 28.6 Å². The number of fused-ring (bicyclic) bond motifs is 1. The molecule has 0 saturated carbocycles. The molecular formula is C11H8ClN3S. The van der Waals surface area contributed by atoms with Gasteiger partial charge in [0.05, 0.1) is 9.90 Å². The van der Waals surface area contributed by atoms with Gasteiger partial charge in [-0.05, 0) is 31.2 Å². The van der Waals surface area contributed by atoms with Crippen molar-refractivity contribution in [1.82, 2.24) is 14.6 Å². The number of rotatable bonds is 1. The number of nitrogens with zero attached hydrogens (tertiary/aromatic N) is 3. The van der Waals surface area contributed by atoms with Crippen molar-refractivity contribution in [2.75, 3.05) is 0 Å². The van der Waals surface area contributed by atoms with Crippen LogP contribution in [-0.2, 0) is 0 Å². The van der Waals surface area contributed by atoms with Crippen molar-refractivity contribution in [3.8, 4) is 10.7 Å². The van der Waals surface area contributed by atoms with E-state index in [-0.39, 0.29) is 0 Å². The molecule has 0 amide bonds. The third-order valence-corrected chi connectivity index (χ3v) is 3.55. The Balaban J connectivity index is 2.27. The second kappa shape index (κ2) is 3.57. The molecule has 5 heteroatoms. The number of hydrogen-bond donors (Lipinski definition) is 0. The molecule has 0 aliphatic carbocycles. The van der Waals surface area contributed by atoms with Gasteiger partial charge >= 0.3 is 0 Å². The number of pyridine rings is 1. The quantitative estimate of drug-likeness (QED) is 0.662. The predicted octanol–water partition coefficient (Wildman–Crippen LogP) is 3.42. The van der Waals surface area contributed by atoms with E-state index in [1.54, 1.807) is 11.3 Å². The van der Waals surface area contributed by atoms with Crippen molar-refractivity contribution in [1.29, 1.82) is 0 Å². The fraction of sp³-hybridized carbons (Fsp3) is 0.0909. The Morgan fingerprint density at radius 2 is 2.06 bits per heavy atom. The number of aromatic nitrogens is 3. The number of halogens is 1. The molecule has 3 aromatic rings. The fourth-order valence-corrected chi connectivity index (χ4v) is 2.60. The molecule has 0 aliphatic heterocycles. The maximum atomic E-state index is 5.97. The van der Waals surface area contributed by atoms with Gasteiger partial charge in [0.15, 0.2) is 11.5 Å². The van der Waals surface area contributed by atoms with Crippen LogP contribution in [0.2, 0.25) is 5.02 Å². The average molecular weight is 250 g/mol. The minimum atomic E-state index is 0.682. The highest BCUT2D eigenvalue weighted by atomic mass is 35.5. The van der Waals surface area contributed by atoms with E-state index in [1.165, 1.54) is 4.88 Å². The molecular weight excluding hydrogens is 242 g/mol. The van der Waals surface area contributed by atoms with Crippen LogP contribution in [0, 0.1) is 6.92 Å². The van der Waals surface area contributed by atoms with Gasteiger partial charge in [-0.15, -0.1) is 21.5 Å². The summed E-state index contributed by atoms with van der Waals surface area (Å²) in [5.41, 5.74) is 0.811. The Bertz CT molecular complexity index is 656. The highest BCUT2D eigenvalue weighted by Crippen LogP contribution is 2.27. The third kappa shape index (κ3) is 1.50. The van der Waals surface area contributed by atoms with Gasteiger partial charge in [-0.25, -0.2) is 0 Å². The van der Waals surface area contributed by atoms with Crippen molar-refractivity contribution in [2.45, 2.75) is 6.92 Å². The summed E-state index contributed by atoms with van der Waals surface area (Å²) in [5, 5.41) is 8.97. The maximum absolute atomic E-state index is 5.97. The molecule has 0 aromatic carbocycles. The van der Waals surface area contributed by atoms with E-state index in [2.05, 4.69) is 29.3 Å². The molecule has 3 nitrogen and oxygen atoms in total. The summed E-state index contributed by atoms with van der Waals surface area (Å²) < 4.78 is 1.91. The Morgan fingerprint density at radius 1 is 1.19 bits per heavy atom. The van der Waals surface area contributed by atoms with E-state index in [0.717, 1.165) is 16.3 Å². The molecule has 16 heavy (non-hydrogen) atoms. The lowest BCUT2D eigenvalue weighted by Gasteiger charge is -1.96. The van der Waals surface area contributed by atoms with E-state index in [0.29, 0.717) is 5.02 Å². The molecule has 0 unspecified atom stereocenters. The van der Waals surface area contributed by atoms with E-state index >= 15 is 0 Å². The Kier molecular flexibility index (Phi) is 2.19. The van der Waals surface area contributed by atoms with Crippen LogP contribution in [0.15, 0.2) is 30.5 Å². The minimum Gasteiger partial charge on any atom is -0.280 e. The van der Waals surface area contributed by atoms with E-state index in [9.17, 15) is 0 Å².